The second-order valence-electron chi connectivity index (χ2n) is 6.39. The standard InChI is InChI=1S/C20H22N6/c1-15-17-9-5-6-10-18(17)24-20(23-15)25-19-21-13-26(14-22-19)12-11-16-7-3-2-4-8-16/h2-10H,11-14H2,1H3,(H2,21,22,23,24,25). The number of hydrogen-bond acceptors (Lipinski definition) is 6. The Morgan fingerprint density at radius 2 is 1.85 bits per heavy atom. The Morgan fingerprint density at radius 1 is 1.04 bits per heavy atom. The molecule has 0 saturated heterocycles. The molecule has 0 spiro atoms. The van der Waals surface area contributed by atoms with Crippen molar-refractivity contribution in [3.8, 4) is 0 Å². The topological polar surface area (TPSA) is 65.4 Å². The maximum Gasteiger partial charge on any atom is 0.230 e. The number of aryl methyl sites for hydroxylation is 1. The molecule has 1 aliphatic heterocycles. The summed E-state index contributed by atoms with van der Waals surface area (Å²) in [6.45, 7) is 4.38. The van der Waals surface area contributed by atoms with E-state index >= 15 is 0 Å². The van der Waals surface area contributed by atoms with Gasteiger partial charge in [0.05, 0.1) is 24.5 Å². The smallest absolute Gasteiger partial charge is 0.230 e. The molecule has 3 aromatic rings. The summed E-state index contributed by atoms with van der Waals surface area (Å²) >= 11 is 0. The lowest BCUT2D eigenvalue weighted by Gasteiger charge is -2.26. The van der Waals surface area contributed by atoms with Gasteiger partial charge >= 0.3 is 0 Å². The summed E-state index contributed by atoms with van der Waals surface area (Å²) in [5.74, 6) is 1.29. The normalized spacial score (nSPS) is 14.7. The molecule has 2 N–H and O–H groups in total. The van der Waals surface area contributed by atoms with Gasteiger partial charge in [0.25, 0.3) is 0 Å². The fraction of sp³-hybridized carbons (Fsp3) is 0.250. The molecule has 6 heteroatoms. The Kier molecular flexibility index (Phi) is 4.75. The molecule has 1 aromatic heterocycles. The third-order valence-electron chi connectivity index (χ3n) is 4.48. The molecule has 1 aliphatic rings. The minimum absolute atomic E-state index is 0.574. The first-order valence-electron chi connectivity index (χ1n) is 8.83. The van der Waals surface area contributed by atoms with Gasteiger partial charge in [-0.1, -0.05) is 48.5 Å². The number of fused-ring (bicyclic) bond motifs is 1. The van der Waals surface area contributed by atoms with Crippen LogP contribution in [0.5, 0.6) is 0 Å². The van der Waals surface area contributed by atoms with Crippen LogP contribution in [-0.2, 0) is 6.42 Å². The Labute approximate surface area is 153 Å². The molecule has 0 amide bonds. The van der Waals surface area contributed by atoms with Crippen molar-refractivity contribution >= 4 is 22.8 Å². The van der Waals surface area contributed by atoms with Gasteiger partial charge in [-0.25, -0.2) is 15.0 Å². The molecule has 0 fully saturated rings. The molecule has 0 atom stereocenters. The predicted octanol–water partition coefficient (Wildman–Crippen LogP) is 2.77. The van der Waals surface area contributed by atoms with Gasteiger partial charge in [-0.2, -0.15) is 0 Å². The quantitative estimate of drug-likeness (QED) is 0.760. The van der Waals surface area contributed by atoms with E-state index in [4.69, 9.17) is 0 Å². The number of aromatic nitrogens is 2. The highest BCUT2D eigenvalue weighted by Crippen LogP contribution is 2.16. The first-order chi connectivity index (χ1) is 12.8. The van der Waals surface area contributed by atoms with E-state index in [-0.39, 0.29) is 0 Å². The Morgan fingerprint density at radius 3 is 2.65 bits per heavy atom. The lowest BCUT2D eigenvalue weighted by molar-refractivity contribution is 0.268. The lowest BCUT2D eigenvalue weighted by Crippen LogP contribution is -2.46. The van der Waals surface area contributed by atoms with E-state index in [1.54, 1.807) is 0 Å². The molecular weight excluding hydrogens is 324 g/mol. The minimum Gasteiger partial charge on any atom is -0.343 e. The number of nitrogens with zero attached hydrogens (tertiary/aromatic N) is 4. The summed E-state index contributed by atoms with van der Waals surface area (Å²) in [7, 11) is 0. The highest BCUT2D eigenvalue weighted by atomic mass is 15.4. The van der Waals surface area contributed by atoms with Gasteiger partial charge in [0.2, 0.25) is 11.9 Å². The van der Waals surface area contributed by atoms with E-state index < -0.39 is 0 Å². The summed E-state index contributed by atoms with van der Waals surface area (Å²) in [5, 5.41) is 7.58. The number of hydrogen-bond donors (Lipinski definition) is 2. The largest absolute Gasteiger partial charge is 0.343 e. The Bertz CT molecular complexity index is 922. The average Bonchev–Trinajstić information content (AvgIpc) is 2.68. The number of guanidine groups is 1. The van der Waals surface area contributed by atoms with Crippen LogP contribution >= 0.6 is 0 Å². The van der Waals surface area contributed by atoms with Gasteiger partial charge in [0.1, 0.15) is 0 Å². The predicted molar refractivity (Wildman–Crippen MR) is 105 cm³/mol. The molecule has 2 aromatic carbocycles. The molecule has 0 radical (unpaired) electrons. The van der Waals surface area contributed by atoms with Crippen molar-refractivity contribution < 1.29 is 0 Å². The molecule has 0 unspecified atom stereocenters. The van der Waals surface area contributed by atoms with Crippen molar-refractivity contribution in [1.82, 2.24) is 20.2 Å². The highest BCUT2D eigenvalue weighted by Gasteiger charge is 2.13. The van der Waals surface area contributed by atoms with Gasteiger partial charge in [-0.3, -0.25) is 10.2 Å². The summed E-state index contributed by atoms with van der Waals surface area (Å²) in [4.78, 5) is 15.9. The SMILES string of the molecule is Cc1nc(NC2=NCN(CCc3ccccc3)CN2)nc2ccccc12. The van der Waals surface area contributed by atoms with Crippen molar-refractivity contribution in [3.05, 3.63) is 65.9 Å². The van der Waals surface area contributed by atoms with Gasteiger partial charge in [0.15, 0.2) is 0 Å². The summed E-state index contributed by atoms with van der Waals surface area (Å²) in [6.07, 6.45) is 1.02. The third-order valence-corrected chi connectivity index (χ3v) is 4.48. The fourth-order valence-corrected chi connectivity index (χ4v) is 3.03. The van der Waals surface area contributed by atoms with Crippen molar-refractivity contribution in [2.24, 2.45) is 4.99 Å². The van der Waals surface area contributed by atoms with Crippen LogP contribution in [0.15, 0.2) is 59.6 Å². The molecular formula is C20H22N6. The van der Waals surface area contributed by atoms with Gasteiger partial charge in [0, 0.05) is 11.9 Å². The molecule has 4 rings (SSSR count). The number of benzene rings is 2. The monoisotopic (exact) mass is 346 g/mol. The molecule has 6 nitrogen and oxygen atoms in total. The maximum absolute atomic E-state index is 4.57. The molecule has 132 valence electrons. The van der Waals surface area contributed by atoms with Crippen LogP contribution in [0.3, 0.4) is 0 Å². The fourth-order valence-electron chi connectivity index (χ4n) is 3.03. The van der Waals surface area contributed by atoms with Crippen LogP contribution in [0.1, 0.15) is 11.3 Å². The average molecular weight is 346 g/mol. The van der Waals surface area contributed by atoms with Crippen molar-refractivity contribution in [3.63, 3.8) is 0 Å². The number of nitrogens with one attached hydrogen (secondary N) is 2. The first kappa shape index (κ1) is 16.5. The second-order valence-corrected chi connectivity index (χ2v) is 6.39. The van der Waals surface area contributed by atoms with Crippen molar-refractivity contribution in [1.29, 1.82) is 0 Å². The minimum atomic E-state index is 0.574. The molecule has 2 heterocycles. The highest BCUT2D eigenvalue weighted by molar-refractivity contribution is 5.93. The van der Waals surface area contributed by atoms with Crippen LogP contribution in [0.4, 0.5) is 5.95 Å². The summed E-state index contributed by atoms with van der Waals surface area (Å²) < 4.78 is 0. The molecule has 26 heavy (non-hydrogen) atoms. The molecule has 0 aliphatic carbocycles. The van der Waals surface area contributed by atoms with E-state index in [0.29, 0.717) is 12.6 Å². The van der Waals surface area contributed by atoms with Crippen LogP contribution < -0.4 is 10.6 Å². The van der Waals surface area contributed by atoms with Gasteiger partial charge in [-0.15, -0.1) is 0 Å². The summed E-state index contributed by atoms with van der Waals surface area (Å²) in [5.41, 5.74) is 3.24. The van der Waals surface area contributed by atoms with Gasteiger partial charge < -0.3 is 5.32 Å². The Balaban J connectivity index is 1.37. The second kappa shape index (κ2) is 7.49. The van der Waals surface area contributed by atoms with E-state index in [1.807, 2.05) is 37.3 Å². The van der Waals surface area contributed by atoms with E-state index in [1.165, 1.54) is 5.56 Å². The number of para-hydroxylation sites is 1. The van der Waals surface area contributed by atoms with E-state index in [9.17, 15) is 0 Å². The number of rotatable bonds is 4. The third kappa shape index (κ3) is 3.81. The Hall–Kier alpha value is -2.99. The zero-order chi connectivity index (χ0) is 17.8. The zero-order valence-electron chi connectivity index (χ0n) is 14.8. The maximum atomic E-state index is 4.57. The first-order valence-corrected chi connectivity index (χ1v) is 8.83. The van der Waals surface area contributed by atoms with Crippen LogP contribution in [0, 0.1) is 6.92 Å². The molecule has 0 bridgehead atoms. The van der Waals surface area contributed by atoms with Crippen LogP contribution in [-0.4, -0.2) is 40.7 Å². The lowest BCUT2D eigenvalue weighted by atomic mass is 10.1. The van der Waals surface area contributed by atoms with Crippen molar-refractivity contribution in [2.75, 3.05) is 25.2 Å². The van der Waals surface area contributed by atoms with Crippen LogP contribution in [0.25, 0.3) is 10.9 Å². The molecule has 0 saturated carbocycles. The van der Waals surface area contributed by atoms with Crippen LogP contribution in [0.2, 0.25) is 0 Å². The van der Waals surface area contributed by atoms with Gasteiger partial charge in [-0.05, 0) is 25.0 Å². The zero-order valence-corrected chi connectivity index (χ0v) is 14.8. The number of anilines is 1. The van der Waals surface area contributed by atoms with E-state index in [2.05, 4.69) is 54.8 Å². The van der Waals surface area contributed by atoms with E-state index in [0.717, 1.165) is 42.2 Å². The number of aliphatic imine (C=N–C) groups is 1. The van der Waals surface area contributed by atoms with Crippen molar-refractivity contribution in [2.45, 2.75) is 13.3 Å². The summed E-state index contributed by atoms with van der Waals surface area (Å²) in [6, 6.07) is 18.5.